The molecular weight excluding hydrogens is 1060 g/mol. The molecule has 42 heteroatoms. The van der Waals surface area contributed by atoms with Gasteiger partial charge in [-0.25, -0.2) is 29.9 Å². The van der Waals surface area contributed by atoms with Crippen LogP contribution in [-0.2, 0) is 0 Å². The molecule has 0 amide bonds. The fourth-order valence-electron chi connectivity index (χ4n) is 5.71. The molecule has 81 heavy (non-hydrogen) atoms. The monoisotopic (exact) mass is 1120 g/mol. The first-order valence-electron chi connectivity index (χ1n) is 19.5. The number of hydrogen-bond donors (Lipinski definition) is 18. The molecule has 0 saturated heterocycles. The number of H-pyrrole nitrogens is 1. The Kier molecular flexibility index (Phi) is 23.1. The lowest BCUT2D eigenvalue weighted by molar-refractivity contribution is 1.14. The Morgan fingerprint density at radius 2 is 0.494 bits per heavy atom. The smallest absolute Gasteiger partial charge is 0.254 e. The molecule has 35 N–H and O–H groups in total. The minimum atomic E-state index is -0.333. The van der Waals surface area contributed by atoms with Crippen molar-refractivity contribution < 1.29 is 0 Å². The zero-order valence-corrected chi connectivity index (χ0v) is 37.0. The summed E-state index contributed by atoms with van der Waals surface area (Å²) in [6.07, 6.45) is 0. The van der Waals surface area contributed by atoms with Crippen LogP contribution in [0.25, 0.3) is 67.0 Å². The molecule has 42 nitrogen and oxygen atoms in total. The Morgan fingerprint density at radius 1 is 0.284 bits per heavy atom. The van der Waals surface area contributed by atoms with Gasteiger partial charge in [-0.2, -0.15) is 74.8 Å². The molecule has 11 rings (SSSR count). The number of nitroso groups, excluding NO2 is 1. The van der Waals surface area contributed by atoms with E-state index in [9.17, 15) is 9.70 Å². The predicted molar refractivity (Wildman–Crippen MR) is 319 cm³/mol. The van der Waals surface area contributed by atoms with E-state index in [-0.39, 0.29) is 230 Å². The topological polar surface area (TPSA) is 775 Å². The lowest BCUT2D eigenvalue weighted by Gasteiger charge is -2.04. The first kappa shape index (κ1) is 68.4. The molecule has 11 heterocycles. The SMILES string of the molecule is C.C.C.C.C.C.C.Nc1cc(=O)[nH]c(N)n1.Nc1nc(N)c(N=O)c(N)n1.Nc1nc(N)c2nc3c(N)nc(N)nc3nc2n1.Nc1nc(N)c2nc3c(N)nc(N)nc3nc2n1.Nc1nc(N)c2nc3c(N)nc(N)nc3nc2n1. The molecule has 0 spiro atoms. The van der Waals surface area contributed by atoms with Gasteiger partial charge in [0.25, 0.3) is 5.56 Å². The van der Waals surface area contributed by atoms with Crippen LogP contribution in [0.15, 0.2) is 16.0 Å². The van der Waals surface area contributed by atoms with Crippen LogP contribution >= 0.6 is 0 Å². The largest absolute Gasteiger partial charge is 0.383 e. The third kappa shape index (κ3) is 15.3. The van der Waals surface area contributed by atoms with Crippen molar-refractivity contribution in [2.75, 3.05) is 97.5 Å². The molecule has 0 aliphatic carbocycles. The molecule has 11 aromatic rings. The highest BCUT2D eigenvalue weighted by Crippen LogP contribution is 2.26. The first-order chi connectivity index (χ1) is 35.0. The number of nitrogens with zero attached hydrogens (tertiary/aromatic N) is 22. The zero-order chi connectivity index (χ0) is 53.9. The van der Waals surface area contributed by atoms with Crippen LogP contribution in [0.2, 0.25) is 0 Å². The molecule has 0 saturated carbocycles. The van der Waals surface area contributed by atoms with Crippen LogP contribution in [0.3, 0.4) is 0 Å². The van der Waals surface area contributed by atoms with Crippen LogP contribution < -0.4 is 103 Å². The molecule has 0 aliphatic rings. The zero-order valence-electron chi connectivity index (χ0n) is 37.0. The maximum atomic E-state index is 10.5. The van der Waals surface area contributed by atoms with Crippen molar-refractivity contribution in [3.63, 3.8) is 0 Å². The summed E-state index contributed by atoms with van der Waals surface area (Å²) in [5.41, 5.74) is 95.5. The highest BCUT2D eigenvalue weighted by Gasteiger charge is 2.16. The van der Waals surface area contributed by atoms with E-state index in [1.54, 1.807) is 0 Å². The third-order valence-corrected chi connectivity index (χ3v) is 8.59. The minimum absolute atomic E-state index is 0. The number of nitrogens with two attached hydrogens (primary N) is 17. The second kappa shape index (κ2) is 27.3. The molecule has 0 unspecified atom stereocenters. The van der Waals surface area contributed by atoms with Gasteiger partial charge in [0.15, 0.2) is 119 Å². The van der Waals surface area contributed by atoms with Gasteiger partial charge in [-0.1, -0.05) is 52.0 Å². The van der Waals surface area contributed by atoms with Gasteiger partial charge in [0.1, 0.15) is 5.82 Å². The first-order valence-corrected chi connectivity index (χ1v) is 19.5. The predicted octanol–water partition coefficient (Wildman–Crippen LogP) is -0.917. The summed E-state index contributed by atoms with van der Waals surface area (Å²) in [6.45, 7) is 0. The quantitative estimate of drug-likeness (QED) is 0.0698. The Morgan fingerprint density at radius 3 is 0.691 bits per heavy atom. The number of hydrogen-bond acceptors (Lipinski definition) is 41. The Hall–Kier alpha value is -12.6. The standard InChI is InChI=1S/3C8H8N10.C4H6N6O.C4H6N4O.7CH4/c3*9-3-1-5(17-7(11)14-3)16-6-2(13-1)4(10)15-8(12)18-6;5-2-1(10-11)3(6)9-4(7)8-2;5-2-1-3(9)8-4(6)7-2;;;;;;;/h3*(H8,9,10,11,12,14,15,16,17,18);(H6,5,6,7,8,9);1H,(H5,5,6,7,8,9);7*1H4. The van der Waals surface area contributed by atoms with Crippen molar-refractivity contribution >= 4 is 173 Å². The highest BCUT2D eigenvalue weighted by atomic mass is 16.3. The summed E-state index contributed by atoms with van der Waals surface area (Å²) in [7, 11) is 0. The van der Waals surface area contributed by atoms with E-state index in [1.165, 1.54) is 0 Å². The van der Waals surface area contributed by atoms with Crippen LogP contribution in [0.4, 0.5) is 106 Å². The van der Waals surface area contributed by atoms with E-state index in [0.717, 1.165) is 6.07 Å². The Bertz CT molecular complexity index is 3530. The number of aromatic amines is 1. The van der Waals surface area contributed by atoms with E-state index in [0.29, 0.717) is 0 Å². The van der Waals surface area contributed by atoms with E-state index >= 15 is 0 Å². The Labute approximate surface area is 457 Å². The van der Waals surface area contributed by atoms with E-state index < -0.39 is 0 Å². The van der Waals surface area contributed by atoms with Crippen LogP contribution in [-0.4, -0.2) is 110 Å². The van der Waals surface area contributed by atoms with E-state index in [1.807, 2.05) is 0 Å². The van der Waals surface area contributed by atoms with Crippen molar-refractivity contribution in [3.05, 3.63) is 21.3 Å². The van der Waals surface area contributed by atoms with E-state index in [4.69, 9.17) is 97.5 Å². The van der Waals surface area contributed by atoms with Crippen molar-refractivity contribution in [2.24, 2.45) is 5.18 Å². The number of anilines is 17. The van der Waals surface area contributed by atoms with Gasteiger partial charge < -0.3 is 97.5 Å². The number of fused-ring (bicyclic) bond motifs is 6. The molecule has 11 aromatic heterocycles. The summed E-state index contributed by atoms with van der Waals surface area (Å²) in [5.74, 6) is 0.592. The summed E-state index contributed by atoms with van der Waals surface area (Å²) in [4.78, 5) is 104. The maximum absolute atomic E-state index is 10.5. The molecule has 0 atom stereocenters. The number of rotatable bonds is 1. The van der Waals surface area contributed by atoms with Crippen LogP contribution in [0.5, 0.6) is 0 Å². The van der Waals surface area contributed by atoms with Crippen molar-refractivity contribution in [2.45, 2.75) is 52.0 Å². The van der Waals surface area contributed by atoms with Crippen molar-refractivity contribution in [1.82, 2.24) is 110 Å². The number of nitrogen functional groups attached to an aromatic ring is 17. The molecule has 0 fully saturated rings. The van der Waals surface area contributed by atoms with Gasteiger partial charge in [-0.3, -0.25) is 9.78 Å². The fourth-order valence-corrected chi connectivity index (χ4v) is 5.71. The van der Waals surface area contributed by atoms with Gasteiger partial charge in [0.2, 0.25) is 47.6 Å². The van der Waals surface area contributed by atoms with Crippen molar-refractivity contribution in [3.8, 4) is 0 Å². The number of aromatic nitrogens is 22. The second-order valence-electron chi connectivity index (χ2n) is 13.9. The lowest BCUT2D eigenvalue weighted by atomic mass is 10.4. The fraction of sp³-hybridized carbons (Fsp3) is 0.179. The Balaban J connectivity index is 0.000000988. The van der Waals surface area contributed by atoms with Crippen molar-refractivity contribution in [1.29, 1.82) is 0 Å². The molecular formula is C39H64N40O2. The van der Waals surface area contributed by atoms with Gasteiger partial charge in [-0.05, 0) is 5.18 Å². The third-order valence-electron chi connectivity index (χ3n) is 8.59. The van der Waals surface area contributed by atoms with Crippen LogP contribution in [0, 0.1) is 4.91 Å². The van der Waals surface area contributed by atoms with Gasteiger partial charge in [0, 0.05) is 6.07 Å². The minimum Gasteiger partial charge on any atom is -0.383 e. The normalized spacial score (nSPS) is 9.73. The lowest BCUT2D eigenvalue weighted by Crippen LogP contribution is -2.11. The summed E-state index contributed by atoms with van der Waals surface area (Å²) >= 11 is 0. The summed E-state index contributed by atoms with van der Waals surface area (Å²) in [5, 5.41) is 2.53. The van der Waals surface area contributed by atoms with E-state index in [2.05, 4.69) is 115 Å². The average molecular weight is 1130 g/mol. The molecule has 0 aromatic carbocycles. The number of nitrogens with one attached hydrogen (secondary N) is 1. The molecule has 432 valence electrons. The summed E-state index contributed by atoms with van der Waals surface area (Å²) in [6, 6.07) is 1.16. The summed E-state index contributed by atoms with van der Waals surface area (Å²) < 4.78 is 0. The molecule has 0 radical (unpaired) electrons. The molecule has 0 bridgehead atoms. The van der Waals surface area contributed by atoms with Crippen LogP contribution in [0.1, 0.15) is 52.0 Å². The van der Waals surface area contributed by atoms with Gasteiger partial charge >= 0.3 is 0 Å². The van der Waals surface area contributed by atoms with Gasteiger partial charge in [-0.15, -0.1) is 4.91 Å². The van der Waals surface area contributed by atoms with Gasteiger partial charge in [0.05, 0.1) is 0 Å². The highest BCUT2D eigenvalue weighted by molar-refractivity contribution is 5.95. The average Bonchev–Trinajstić information content (AvgIpc) is 3.27. The second-order valence-corrected chi connectivity index (χ2v) is 13.9. The maximum Gasteiger partial charge on any atom is 0.254 e. The molecule has 0 aliphatic heterocycles.